The number of thioether (sulfide) groups is 1. The van der Waals surface area contributed by atoms with Crippen molar-refractivity contribution < 1.29 is 0 Å². The molecule has 1 aliphatic heterocycles. The van der Waals surface area contributed by atoms with Gasteiger partial charge < -0.3 is 5.32 Å². The molecule has 2 aliphatic rings. The number of unbranched alkanes of at least 4 members (excludes halogenated alkanes) is 1. The number of hydrogen-bond acceptors (Lipinski definition) is 3. The monoisotopic (exact) mass is 254 g/mol. The van der Waals surface area contributed by atoms with E-state index in [9.17, 15) is 0 Å². The summed E-state index contributed by atoms with van der Waals surface area (Å²) in [5.41, 5.74) is 0. The topological polar surface area (TPSA) is 24.4 Å². The summed E-state index contributed by atoms with van der Waals surface area (Å²) >= 11 is 2.01. The summed E-state index contributed by atoms with van der Waals surface area (Å²) in [7, 11) is 0. The highest BCUT2D eigenvalue weighted by molar-refractivity contribution is 8.14. The summed E-state index contributed by atoms with van der Waals surface area (Å²) in [5.74, 6) is 0.975. The first-order chi connectivity index (χ1) is 8.33. The number of nitrogens with zero attached hydrogens (tertiary/aromatic N) is 1. The van der Waals surface area contributed by atoms with Crippen LogP contribution in [-0.4, -0.2) is 23.0 Å². The van der Waals surface area contributed by atoms with E-state index in [0.29, 0.717) is 6.04 Å². The highest BCUT2D eigenvalue weighted by Gasteiger charge is 2.35. The first-order valence-electron chi connectivity index (χ1n) is 7.31. The van der Waals surface area contributed by atoms with E-state index >= 15 is 0 Å². The molecule has 1 heterocycles. The summed E-state index contributed by atoms with van der Waals surface area (Å²) in [6.07, 6.45) is 9.37. The zero-order valence-electron chi connectivity index (χ0n) is 11.2. The van der Waals surface area contributed by atoms with Gasteiger partial charge in [0.25, 0.3) is 0 Å². The van der Waals surface area contributed by atoms with Gasteiger partial charge in [0.2, 0.25) is 0 Å². The summed E-state index contributed by atoms with van der Waals surface area (Å²) in [4.78, 5) is 4.68. The minimum atomic E-state index is 0.657. The van der Waals surface area contributed by atoms with Crippen molar-refractivity contribution in [3.05, 3.63) is 0 Å². The average molecular weight is 254 g/mol. The standard InChI is InChI=1S/C14H26N2S/c1-3-5-7-12(6-4-2)16-14-15-10-13(17-14)11-8-9-11/h11-13H,3-10H2,1-2H3,(H,15,16). The van der Waals surface area contributed by atoms with Gasteiger partial charge in [0.05, 0.1) is 6.54 Å². The predicted octanol–water partition coefficient (Wildman–Crippen LogP) is 3.82. The molecule has 0 bridgehead atoms. The van der Waals surface area contributed by atoms with Crippen LogP contribution in [0.1, 0.15) is 58.8 Å². The Hall–Kier alpha value is -0.180. The van der Waals surface area contributed by atoms with Crippen molar-refractivity contribution in [3.63, 3.8) is 0 Å². The van der Waals surface area contributed by atoms with E-state index in [1.807, 2.05) is 11.8 Å². The zero-order chi connectivity index (χ0) is 12.1. The van der Waals surface area contributed by atoms with Crippen LogP contribution >= 0.6 is 11.8 Å². The summed E-state index contributed by atoms with van der Waals surface area (Å²) < 4.78 is 0. The van der Waals surface area contributed by atoms with Gasteiger partial charge >= 0.3 is 0 Å². The molecule has 2 nitrogen and oxygen atoms in total. The molecule has 0 spiro atoms. The number of aliphatic imine (C=N–C) groups is 1. The van der Waals surface area contributed by atoms with E-state index in [1.54, 1.807) is 0 Å². The molecule has 2 rings (SSSR count). The minimum Gasteiger partial charge on any atom is -0.362 e. The number of hydrogen-bond donors (Lipinski definition) is 1. The van der Waals surface area contributed by atoms with E-state index in [4.69, 9.17) is 0 Å². The molecular formula is C14H26N2S. The van der Waals surface area contributed by atoms with Gasteiger partial charge in [-0.25, -0.2) is 0 Å². The quantitative estimate of drug-likeness (QED) is 0.747. The van der Waals surface area contributed by atoms with E-state index in [0.717, 1.165) is 17.7 Å². The highest BCUT2D eigenvalue weighted by Crippen LogP contribution is 2.41. The summed E-state index contributed by atoms with van der Waals surface area (Å²) in [6, 6.07) is 0.657. The maximum Gasteiger partial charge on any atom is 0.157 e. The van der Waals surface area contributed by atoms with E-state index in [1.165, 1.54) is 50.1 Å². The van der Waals surface area contributed by atoms with Crippen LogP contribution in [0.2, 0.25) is 0 Å². The minimum absolute atomic E-state index is 0.657. The molecule has 0 amide bonds. The third-order valence-corrected chi connectivity index (χ3v) is 5.00. The van der Waals surface area contributed by atoms with Crippen LogP contribution < -0.4 is 5.32 Å². The average Bonchev–Trinajstić information content (AvgIpc) is 3.08. The number of rotatable bonds is 7. The van der Waals surface area contributed by atoms with E-state index in [2.05, 4.69) is 24.2 Å². The van der Waals surface area contributed by atoms with Gasteiger partial charge in [-0.3, -0.25) is 4.99 Å². The largest absolute Gasteiger partial charge is 0.362 e. The van der Waals surface area contributed by atoms with E-state index < -0.39 is 0 Å². The molecule has 1 saturated carbocycles. The Kier molecular flexibility index (Phi) is 5.20. The first-order valence-corrected chi connectivity index (χ1v) is 8.19. The molecule has 1 aliphatic carbocycles. The molecule has 2 unspecified atom stereocenters. The third kappa shape index (κ3) is 4.20. The van der Waals surface area contributed by atoms with Crippen LogP contribution in [0.3, 0.4) is 0 Å². The van der Waals surface area contributed by atoms with Crippen molar-refractivity contribution in [2.75, 3.05) is 6.54 Å². The molecule has 1 fully saturated rings. The van der Waals surface area contributed by atoms with Crippen molar-refractivity contribution >= 4 is 16.9 Å². The van der Waals surface area contributed by atoms with Crippen LogP contribution in [-0.2, 0) is 0 Å². The molecule has 3 heteroatoms. The Bertz CT molecular complexity index is 261. The van der Waals surface area contributed by atoms with Gasteiger partial charge in [0.1, 0.15) is 0 Å². The van der Waals surface area contributed by atoms with Crippen LogP contribution in [0.25, 0.3) is 0 Å². The van der Waals surface area contributed by atoms with Crippen molar-refractivity contribution in [1.82, 2.24) is 5.32 Å². The maximum absolute atomic E-state index is 4.68. The maximum atomic E-state index is 4.68. The number of amidine groups is 1. The van der Waals surface area contributed by atoms with Gasteiger partial charge in [-0.15, -0.1) is 0 Å². The van der Waals surface area contributed by atoms with Crippen LogP contribution in [0, 0.1) is 5.92 Å². The molecule has 17 heavy (non-hydrogen) atoms. The lowest BCUT2D eigenvalue weighted by molar-refractivity contribution is 0.497. The summed E-state index contributed by atoms with van der Waals surface area (Å²) in [6.45, 7) is 5.61. The van der Waals surface area contributed by atoms with Gasteiger partial charge in [0, 0.05) is 11.3 Å². The smallest absolute Gasteiger partial charge is 0.157 e. The molecule has 98 valence electrons. The Balaban J connectivity index is 1.73. The van der Waals surface area contributed by atoms with Gasteiger partial charge in [-0.1, -0.05) is 44.9 Å². The second kappa shape index (κ2) is 6.67. The molecule has 2 atom stereocenters. The Morgan fingerprint density at radius 3 is 2.76 bits per heavy atom. The zero-order valence-corrected chi connectivity index (χ0v) is 12.1. The van der Waals surface area contributed by atoms with Gasteiger partial charge in [-0.05, 0) is 31.6 Å². The van der Waals surface area contributed by atoms with Crippen molar-refractivity contribution in [2.45, 2.75) is 70.1 Å². The molecule has 0 saturated heterocycles. The van der Waals surface area contributed by atoms with Crippen molar-refractivity contribution in [1.29, 1.82) is 0 Å². The predicted molar refractivity (Wildman–Crippen MR) is 77.8 cm³/mol. The molecule has 0 aromatic carbocycles. The SMILES string of the molecule is CCCCC(CCC)NC1=NCC(C2CC2)S1. The Morgan fingerprint density at radius 2 is 2.12 bits per heavy atom. The Morgan fingerprint density at radius 1 is 1.29 bits per heavy atom. The third-order valence-electron chi connectivity index (χ3n) is 3.70. The molecule has 1 N–H and O–H groups in total. The second-order valence-corrected chi connectivity index (χ2v) is 6.64. The fraction of sp³-hybridized carbons (Fsp3) is 0.929. The van der Waals surface area contributed by atoms with Crippen LogP contribution in [0.4, 0.5) is 0 Å². The first kappa shape index (κ1) is 13.3. The lowest BCUT2D eigenvalue weighted by Crippen LogP contribution is -2.32. The van der Waals surface area contributed by atoms with Crippen LogP contribution in [0.15, 0.2) is 4.99 Å². The lowest BCUT2D eigenvalue weighted by atomic mass is 10.1. The fourth-order valence-electron chi connectivity index (χ4n) is 2.45. The summed E-state index contributed by atoms with van der Waals surface area (Å²) in [5, 5.41) is 5.71. The van der Waals surface area contributed by atoms with Crippen molar-refractivity contribution in [2.24, 2.45) is 10.9 Å². The van der Waals surface area contributed by atoms with Gasteiger partial charge in [0.15, 0.2) is 5.17 Å². The Labute approximate surface area is 110 Å². The van der Waals surface area contributed by atoms with Crippen molar-refractivity contribution in [3.8, 4) is 0 Å². The van der Waals surface area contributed by atoms with Gasteiger partial charge in [-0.2, -0.15) is 0 Å². The molecule has 0 radical (unpaired) electrons. The molecule has 0 aromatic heterocycles. The highest BCUT2D eigenvalue weighted by atomic mass is 32.2. The van der Waals surface area contributed by atoms with E-state index in [-0.39, 0.29) is 0 Å². The molecule has 0 aromatic rings. The number of nitrogens with one attached hydrogen (secondary N) is 1. The fourth-order valence-corrected chi connectivity index (χ4v) is 3.73. The second-order valence-electron chi connectivity index (χ2n) is 5.41. The normalized spacial score (nSPS) is 25.8. The lowest BCUT2D eigenvalue weighted by Gasteiger charge is -2.19. The van der Waals surface area contributed by atoms with Crippen LogP contribution in [0.5, 0.6) is 0 Å². The molecular weight excluding hydrogens is 228 g/mol.